The Balaban J connectivity index is 2.42. The van der Waals surface area contributed by atoms with E-state index in [0.717, 1.165) is 0 Å². The van der Waals surface area contributed by atoms with E-state index in [1.807, 2.05) is 6.92 Å². The zero-order chi connectivity index (χ0) is 13.3. The van der Waals surface area contributed by atoms with Crippen molar-refractivity contribution in [1.82, 2.24) is 15.0 Å². The molecule has 1 N–H and O–H groups in total. The van der Waals surface area contributed by atoms with E-state index in [1.54, 1.807) is 23.7 Å². The largest absolute Gasteiger partial charge is 0.481 e. The zero-order valence-corrected chi connectivity index (χ0v) is 10.2. The second-order valence-corrected chi connectivity index (χ2v) is 4.26. The van der Waals surface area contributed by atoms with Gasteiger partial charge in [0.15, 0.2) is 5.82 Å². The molecule has 1 unspecified atom stereocenters. The van der Waals surface area contributed by atoms with Crippen LogP contribution >= 0.6 is 0 Å². The van der Waals surface area contributed by atoms with E-state index in [1.165, 1.54) is 0 Å². The van der Waals surface area contributed by atoms with Gasteiger partial charge in [-0.25, -0.2) is 9.07 Å². The van der Waals surface area contributed by atoms with Gasteiger partial charge in [-0.15, -0.1) is 5.10 Å². The molecule has 0 amide bonds. The summed E-state index contributed by atoms with van der Waals surface area (Å²) in [6.07, 6.45) is 0.149. The number of rotatable bonds is 4. The van der Waals surface area contributed by atoms with Crippen LogP contribution in [0.5, 0.6) is 0 Å². The lowest BCUT2D eigenvalue weighted by molar-refractivity contribution is -0.141. The first kappa shape index (κ1) is 12.5. The van der Waals surface area contributed by atoms with Crippen molar-refractivity contribution in [3.63, 3.8) is 0 Å². The average molecular weight is 251 g/mol. The number of hydrogen-bond acceptors (Lipinski definition) is 3. The van der Waals surface area contributed by atoms with E-state index in [0.29, 0.717) is 17.6 Å². The number of aryl methyl sites for hydroxylation is 1. The molecule has 96 valence electrons. The average Bonchev–Trinajstić information content (AvgIpc) is 2.76. The highest BCUT2D eigenvalue weighted by molar-refractivity contribution is 5.76. The molecule has 0 aliphatic rings. The molecule has 1 atom stereocenters. The number of aliphatic carboxylic acids is 1. The molecule has 1 heterocycles. The summed E-state index contributed by atoms with van der Waals surface area (Å²) < 4.78 is 15.7. The molecule has 0 bridgehead atoms. The summed E-state index contributed by atoms with van der Waals surface area (Å²) in [4.78, 5) is 10.8. The summed E-state index contributed by atoms with van der Waals surface area (Å²) in [7, 11) is 0. The maximum atomic E-state index is 14.1. The van der Waals surface area contributed by atoms with Gasteiger partial charge in [-0.1, -0.05) is 18.2 Å². The Morgan fingerprint density at radius 3 is 2.89 bits per heavy atom. The SMILES string of the molecule is CCn1nnc2c(F)c(CC(C)C(=O)O)ccc21. The van der Waals surface area contributed by atoms with Crippen molar-refractivity contribution in [2.45, 2.75) is 26.8 Å². The van der Waals surface area contributed by atoms with Crippen LogP contribution < -0.4 is 0 Å². The number of hydrogen-bond donors (Lipinski definition) is 1. The van der Waals surface area contributed by atoms with Gasteiger partial charge in [-0.05, 0) is 25.0 Å². The van der Waals surface area contributed by atoms with E-state index in [4.69, 9.17) is 5.11 Å². The van der Waals surface area contributed by atoms with Crippen molar-refractivity contribution in [2.75, 3.05) is 0 Å². The lowest BCUT2D eigenvalue weighted by atomic mass is 10.0. The summed E-state index contributed by atoms with van der Waals surface area (Å²) >= 11 is 0. The van der Waals surface area contributed by atoms with Crippen LogP contribution in [0, 0.1) is 11.7 Å². The second kappa shape index (κ2) is 4.72. The molecule has 2 aromatic rings. The molecular formula is C12H14FN3O2. The van der Waals surface area contributed by atoms with Crippen molar-refractivity contribution < 1.29 is 14.3 Å². The first-order chi connectivity index (χ1) is 8.54. The van der Waals surface area contributed by atoms with Crippen LogP contribution in [0.1, 0.15) is 19.4 Å². The van der Waals surface area contributed by atoms with Crippen molar-refractivity contribution in [3.8, 4) is 0 Å². The highest BCUT2D eigenvalue weighted by atomic mass is 19.1. The summed E-state index contributed by atoms with van der Waals surface area (Å²) in [6.45, 7) is 4.06. The van der Waals surface area contributed by atoms with Crippen LogP contribution in [0.15, 0.2) is 12.1 Å². The first-order valence-electron chi connectivity index (χ1n) is 5.78. The van der Waals surface area contributed by atoms with Crippen LogP contribution in [0.4, 0.5) is 4.39 Å². The predicted octanol–water partition coefficient (Wildman–Crippen LogP) is 1.85. The van der Waals surface area contributed by atoms with E-state index < -0.39 is 17.7 Å². The van der Waals surface area contributed by atoms with E-state index in [2.05, 4.69) is 10.3 Å². The normalized spacial score (nSPS) is 12.8. The van der Waals surface area contributed by atoms with Gasteiger partial charge >= 0.3 is 5.97 Å². The molecule has 2 rings (SSSR count). The minimum atomic E-state index is -0.938. The monoisotopic (exact) mass is 251 g/mol. The molecule has 18 heavy (non-hydrogen) atoms. The Kier molecular flexibility index (Phi) is 3.27. The molecule has 0 spiro atoms. The fourth-order valence-corrected chi connectivity index (χ4v) is 1.85. The Hall–Kier alpha value is -1.98. The fourth-order valence-electron chi connectivity index (χ4n) is 1.85. The molecule has 6 heteroatoms. The summed E-state index contributed by atoms with van der Waals surface area (Å²) in [5.74, 6) is -2.04. The number of fused-ring (bicyclic) bond motifs is 1. The fraction of sp³-hybridized carbons (Fsp3) is 0.417. The van der Waals surface area contributed by atoms with Gasteiger partial charge in [-0.2, -0.15) is 0 Å². The predicted molar refractivity (Wildman–Crippen MR) is 63.7 cm³/mol. The number of carbonyl (C=O) groups is 1. The third kappa shape index (κ3) is 2.05. The third-order valence-corrected chi connectivity index (χ3v) is 2.95. The van der Waals surface area contributed by atoms with Gasteiger partial charge in [0.1, 0.15) is 5.52 Å². The van der Waals surface area contributed by atoms with Gasteiger partial charge in [0.2, 0.25) is 0 Å². The van der Waals surface area contributed by atoms with Crippen molar-refractivity contribution in [3.05, 3.63) is 23.5 Å². The molecule has 0 saturated carbocycles. The third-order valence-electron chi connectivity index (χ3n) is 2.95. The molecule has 0 saturated heterocycles. The van der Waals surface area contributed by atoms with E-state index >= 15 is 0 Å². The van der Waals surface area contributed by atoms with Crippen molar-refractivity contribution >= 4 is 17.0 Å². The van der Waals surface area contributed by atoms with Gasteiger partial charge in [-0.3, -0.25) is 4.79 Å². The van der Waals surface area contributed by atoms with Crippen molar-refractivity contribution in [1.29, 1.82) is 0 Å². The number of benzene rings is 1. The Bertz CT molecular complexity index is 594. The topological polar surface area (TPSA) is 68.0 Å². The zero-order valence-electron chi connectivity index (χ0n) is 10.2. The summed E-state index contributed by atoms with van der Waals surface area (Å²) in [6, 6.07) is 3.33. The van der Waals surface area contributed by atoms with Crippen LogP contribution in [0.25, 0.3) is 11.0 Å². The Morgan fingerprint density at radius 2 is 2.28 bits per heavy atom. The Morgan fingerprint density at radius 1 is 1.56 bits per heavy atom. The lowest BCUT2D eigenvalue weighted by Crippen LogP contribution is -2.13. The molecule has 0 aliphatic carbocycles. The quantitative estimate of drug-likeness (QED) is 0.900. The van der Waals surface area contributed by atoms with Gasteiger partial charge < -0.3 is 5.11 Å². The van der Waals surface area contributed by atoms with Gasteiger partial charge in [0.25, 0.3) is 0 Å². The molecule has 5 nitrogen and oxygen atoms in total. The van der Waals surface area contributed by atoms with Crippen molar-refractivity contribution in [2.24, 2.45) is 5.92 Å². The van der Waals surface area contributed by atoms with Crippen LogP contribution in [-0.4, -0.2) is 26.1 Å². The van der Waals surface area contributed by atoms with Gasteiger partial charge in [0, 0.05) is 6.54 Å². The van der Waals surface area contributed by atoms with E-state index in [9.17, 15) is 9.18 Å². The highest BCUT2D eigenvalue weighted by Crippen LogP contribution is 2.21. The first-order valence-corrected chi connectivity index (χ1v) is 5.78. The van der Waals surface area contributed by atoms with Crippen LogP contribution in [0.3, 0.4) is 0 Å². The van der Waals surface area contributed by atoms with Crippen LogP contribution in [0.2, 0.25) is 0 Å². The number of carboxylic acids is 1. The molecule has 0 fully saturated rings. The number of carboxylic acid groups (broad SMARTS) is 1. The number of aromatic nitrogens is 3. The smallest absolute Gasteiger partial charge is 0.306 e. The second-order valence-electron chi connectivity index (χ2n) is 4.26. The maximum absolute atomic E-state index is 14.1. The summed E-state index contributed by atoms with van der Waals surface area (Å²) in [5.41, 5.74) is 1.19. The molecular weight excluding hydrogens is 237 g/mol. The molecule has 0 radical (unpaired) electrons. The van der Waals surface area contributed by atoms with Gasteiger partial charge in [0.05, 0.1) is 11.4 Å². The molecule has 1 aromatic heterocycles. The van der Waals surface area contributed by atoms with Crippen LogP contribution in [-0.2, 0) is 17.8 Å². The minimum absolute atomic E-state index is 0.149. The standard InChI is InChI=1S/C12H14FN3O2/c1-3-16-9-5-4-8(6-7(2)12(17)18)10(13)11(9)14-15-16/h4-5,7H,3,6H2,1-2H3,(H,17,18). The lowest BCUT2D eigenvalue weighted by Gasteiger charge is -2.07. The number of nitrogens with zero attached hydrogens (tertiary/aromatic N) is 3. The highest BCUT2D eigenvalue weighted by Gasteiger charge is 2.17. The minimum Gasteiger partial charge on any atom is -0.481 e. The number of halogens is 1. The molecule has 1 aromatic carbocycles. The summed E-state index contributed by atoms with van der Waals surface area (Å²) in [5, 5.41) is 16.5. The maximum Gasteiger partial charge on any atom is 0.306 e. The molecule has 0 aliphatic heterocycles. The van der Waals surface area contributed by atoms with E-state index in [-0.39, 0.29) is 11.9 Å². The Labute approximate surface area is 103 Å².